The second kappa shape index (κ2) is 3.08. The second-order valence-electron chi connectivity index (χ2n) is 4.05. The Hall–Kier alpha value is -0.520. The van der Waals surface area contributed by atoms with Crippen LogP contribution in [0.2, 0.25) is 0 Å². The molecule has 0 aromatic heterocycles. The molecule has 0 aromatic carbocycles. The number of likely N-dealkylation sites (tertiary alicyclic amines) is 1. The van der Waals surface area contributed by atoms with E-state index in [9.17, 15) is 5.11 Å². The van der Waals surface area contributed by atoms with Crippen LogP contribution in [0.15, 0.2) is 0 Å². The SMILES string of the molecule is C#CC1(C)CC(O)C(C)CN1C. The van der Waals surface area contributed by atoms with Crippen molar-refractivity contribution < 1.29 is 5.11 Å². The molecule has 1 rings (SSSR count). The maximum Gasteiger partial charge on any atom is 0.0817 e. The van der Waals surface area contributed by atoms with Gasteiger partial charge in [-0.15, -0.1) is 6.42 Å². The molecule has 68 valence electrons. The first-order valence-electron chi connectivity index (χ1n) is 4.36. The van der Waals surface area contributed by atoms with Crippen LogP contribution < -0.4 is 0 Å². The molecule has 0 amide bonds. The zero-order valence-electron chi connectivity index (χ0n) is 8.04. The molecule has 0 aromatic rings. The van der Waals surface area contributed by atoms with Gasteiger partial charge in [0.05, 0.1) is 11.6 Å². The van der Waals surface area contributed by atoms with Gasteiger partial charge in [0, 0.05) is 13.0 Å². The molecule has 1 heterocycles. The summed E-state index contributed by atoms with van der Waals surface area (Å²) in [7, 11) is 2.02. The molecule has 1 N–H and O–H groups in total. The topological polar surface area (TPSA) is 23.5 Å². The van der Waals surface area contributed by atoms with E-state index in [2.05, 4.69) is 17.7 Å². The molecule has 1 fully saturated rings. The molecule has 0 saturated carbocycles. The number of aliphatic hydroxyl groups is 1. The van der Waals surface area contributed by atoms with Crippen molar-refractivity contribution in [1.29, 1.82) is 0 Å². The lowest BCUT2D eigenvalue weighted by Crippen LogP contribution is -2.53. The Bertz CT molecular complexity index is 208. The first-order valence-corrected chi connectivity index (χ1v) is 4.36. The number of hydrogen-bond donors (Lipinski definition) is 1. The smallest absolute Gasteiger partial charge is 0.0817 e. The lowest BCUT2D eigenvalue weighted by atomic mass is 9.83. The van der Waals surface area contributed by atoms with E-state index in [1.807, 2.05) is 14.0 Å². The Labute approximate surface area is 74.6 Å². The molecule has 2 nitrogen and oxygen atoms in total. The number of rotatable bonds is 0. The van der Waals surface area contributed by atoms with Crippen LogP contribution in [0.25, 0.3) is 0 Å². The fourth-order valence-electron chi connectivity index (χ4n) is 1.69. The molecule has 0 aliphatic carbocycles. The van der Waals surface area contributed by atoms with Crippen LogP contribution in [0.4, 0.5) is 0 Å². The summed E-state index contributed by atoms with van der Waals surface area (Å²) in [6, 6.07) is 0. The van der Waals surface area contributed by atoms with Crippen LogP contribution in [0, 0.1) is 18.3 Å². The molecule has 0 radical (unpaired) electrons. The number of hydrogen-bond acceptors (Lipinski definition) is 2. The minimum atomic E-state index is -0.258. The summed E-state index contributed by atoms with van der Waals surface area (Å²) in [5.74, 6) is 3.08. The maximum atomic E-state index is 9.64. The highest BCUT2D eigenvalue weighted by Crippen LogP contribution is 2.28. The van der Waals surface area contributed by atoms with Crippen LogP contribution in [0.3, 0.4) is 0 Å². The summed E-state index contributed by atoms with van der Waals surface area (Å²) in [6.45, 7) is 4.93. The average Bonchev–Trinajstić information content (AvgIpc) is 2.01. The van der Waals surface area contributed by atoms with Crippen molar-refractivity contribution in [1.82, 2.24) is 4.90 Å². The summed E-state index contributed by atoms with van der Waals surface area (Å²) < 4.78 is 0. The third kappa shape index (κ3) is 1.48. The van der Waals surface area contributed by atoms with Crippen LogP contribution in [-0.4, -0.2) is 35.2 Å². The Morgan fingerprint density at radius 1 is 1.67 bits per heavy atom. The van der Waals surface area contributed by atoms with E-state index in [0.717, 1.165) is 6.54 Å². The fraction of sp³-hybridized carbons (Fsp3) is 0.800. The third-order valence-electron chi connectivity index (χ3n) is 2.98. The predicted octanol–water partition coefficient (Wildman–Crippen LogP) is 0.711. The minimum absolute atomic E-state index is 0.248. The van der Waals surface area contributed by atoms with Crippen molar-refractivity contribution in [3.05, 3.63) is 0 Å². The molecule has 2 heteroatoms. The van der Waals surface area contributed by atoms with E-state index in [1.165, 1.54) is 0 Å². The van der Waals surface area contributed by atoms with Crippen molar-refractivity contribution in [2.75, 3.05) is 13.6 Å². The van der Waals surface area contributed by atoms with E-state index in [0.29, 0.717) is 12.3 Å². The second-order valence-corrected chi connectivity index (χ2v) is 4.05. The maximum absolute atomic E-state index is 9.64. The molecular formula is C10H17NO. The Balaban J connectivity index is 2.76. The van der Waals surface area contributed by atoms with Crippen LogP contribution in [-0.2, 0) is 0 Å². The van der Waals surface area contributed by atoms with Gasteiger partial charge in [0.1, 0.15) is 0 Å². The van der Waals surface area contributed by atoms with Crippen LogP contribution in [0.1, 0.15) is 20.3 Å². The monoisotopic (exact) mass is 167 g/mol. The zero-order valence-corrected chi connectivity index (χ0v) is 8.04. The van der Waals surface area contributed by atoms with Gasteiger partial charge in [-0.1, -0.05) is 12.8 Å². The van der Waals surface area contributed by atoms with Gasteiger partial charge in [0.25, 0.3) is 0 Å². The van der Waals surface area contributed by atoms with Gasteiger partial charge in [0.2, 0.25) is 0 Å². The van der Waals surface area contributed by atoms with E-state index in [-0.39, 0.29) is 11.6 Å². The van der Waals surface area contributed by atoms with Crippen LogP contribution >= 0.6 is 0 Å². The largest absolute Gasteiger partial charge is 0.393 e. The number of aliphatic hydroxyl groups excluding tert-OH is 1. The Morgan fingerprint density at radius 2 is 2.25 bits per heavy atom. The predicted molar refractivity (Wildman–Crippen MR) is 49.7 cm³/mol. The molecule has 1 saturated heterocycles. The summed E-state index contributed by atoms with van der Waals surface area (Å²) in [4.78, 5) is 2.14. The highest BCUT2D eigenvalue weighted by atomic mass is 16.3. The normalized spacial score (nSPS) is 43.9. The summed E-state index contributed by atoms with van der Waals surface area (Å²) in [6.07, 6.45) is 5.87. The van der Waals surface area contributed by atoms with Gasteiger partial charge in [-0.3, -0.25) is 4.90 Å². The highest BCUT2D eigenvalue weighted by molar-refractivity contribution is 5.13. The number of terminal acetylenes is 1. The Kier molecular flexibility index (Phi) is 2.46. The summed E-state index contributed by atoms with van der Waals surface area (Å²) in [5.41, 5.74) is -0.258. The zero-order chi connectivity index (χ0) is 9.35. The first-order chi connectivity index (χ1) is 5.49. The standard InChI is InChI=1S/C10H17NO/c1-5-10(3)6-9(12)8(2)7-11(10)4/h1,8-9,12H,6-7H2,2-4H3. The highest BCUT2D eigenvalue weighted by Gasteiger charge is 2.37. The van der Waals surface area contributed by atoms with Gasteiger partial charge in [-0.2, -0.15) is 0 Å². The summed E-state index contributed by atoms with van der Waals surface area (Å²) in [5, 5.41) is 9.64. The molecule has 3 atom stereocenters. The molecule has 3 unspecified atom stereocenters. The van der Waals surface area contributed by atoms with Crippen LogP contribution in [0.5, 0.6) is 0 Å². The molecule has 0 bridgehead atoms. The van der Waals surface area contributed by atoms with E-state index in [1.54, 1.807) is 0 Å². The number of piperidine rings is 1. The van der Waals surface area contributed by atoms with E-state index < -0.39 is 0 Å². The van der Waals surface area contributed by atoms with Crippen molar-refractivity contribution >= 4 is 0 Å². The van der Waals surface area contributed by atoms with Crippen molar-refractivity contribution in [3.8, 4) is 12.3 Å². The third-order valence-corrected chi connectivity index (χ3v) is 2.98. The van der Waals surface area contributed by atoms with E-state index >= 15 is 0 Å². The van der Waals surface area contributed by atoms with Gasteiger partial charge in [0.15, 0.2) is 0 Å². The minimum Gasteiger partial charge on any atom is -0.393 e. The molecule has 12 heavy (non-hydrogen) atoms. The van der Waals surface area contributed by atoms with Gasteiger partial charge in [-0.25, -0.2) is 0 Å². The fourth-order valence-corrected chi connectivity index (χ4v) is 1.69. The average molecular weight is 167 g/mol. The van der Waals surface area contributed by atoms with Crippen molar-refractivity contribution in [3.63, 3.8) is 0 Å². The lowest BCUT2D eigenvalue weighted by Gasteiger charge is -2.43. The lowest BCUT2D eigenvalue weighted by molar-refractivity contribution is -0.00779. The molecular weight excluding hydrogens is 150 g/mol. The van der Waals surface area contributed by atoms with Gasteiger partial charge < -0.3 is 5.11 Å². The molecule has 1 aliphatic rings. The van der Waals surface area contributed by atoms with Crippen molar-refractivity contribution in [2.24, 2.45) is 5.92 Å². The first kappa shape index (κ1) is 9.57. The number of nitrogens with zero attached hydrogens (tertiary/aromatic N) is 1. The van der Waals surface area contributed by atoms with Crippen molar-refractivity contribution in [2.45, 2.75) is 31.9 Å². The van der Waals surface area contributed by atoms with Gasteiger partial charge in [-0.05, 0) is 19.9 Å². The Morgan fingerprint density at radius 3 is 2.75 bits per heavy atom. The molecule has 0 spiro atoms. The van der Waals surface area contributed by atoms with E-state index in [4.69, 9.17) is 6.42 Å². The quantitative estimate of drug-likeness (QED) is 0.537. The molecule has 1 aliphatic heterocycles. The van der Waals surface area contributed by atoms with Gasteiger partial charge >= 0.3 is 0 Å². The summed E-state index contributed by atoms with van der Waals surface area (Å²) >= 11 is 0.